The van der Waals surface area contributed by atoms with Gasteiger partial charge in [-0.2, -0.15) is 0 Å². The van der Waals surface area contributed by atoms with E-state index in [-0.39, 0.29) is 5.63 Å². The lowest BCUT2D eigenvalue weighted by Gasteiger charge is -2.01. The Morgan fingerprint density at radius 2 is 2.14 bits per heavy atom. The summed E-state index contributed by atoms with van der Waals surface area (Å²) in [5.41, 5.74) is 2.90. The fraction of sp³-hybridized carbons (Fsp3) is 0.182. The molecule has 0 saturated carbocycles. The molecule has 0 aliphatic heterocycles. The summed E-state index contributed by atoms with van der Waals surface area (Å²) in [6.45, 7) is 2.05. The summed E-state index contributed by atoms with van der Waals surface area (Å²) in [6.07, 6.45) is 0.707. The second-order valence-corrected chi connectivity index (χ2v) is 3.30. The minimum absolute atomic E-state index is 0.325. The lowest BCUT2D eigenvalue weighted by Crippen LogP contribution is -1.92. The van der Waals surface area contributed by atoms with E-state index in [1.165, 1.54) is 17.2 Å². The molecule has 0 unspecified atom stereocenters. The maximum absolute atomic E-state index is 10.8. The van der Waals surface area contributed by atoms with Crippen molar-refractivity contribution in [2.75, 3.05) is 0 Å². The third-order valence-corrected chi connectivity index (χ3v) is 2.22. The zero-order chi connectivity index (χ0) is 9.97. The lowest BCUT2D eigenvalue weighted by molar-refractivity contribution is 0.386. The molecule has 0 aliphatic carbocycles. The van der Waals surface area contributed by atoms with Crippen molar-refractivity contribution >= 4 is 0 Å². The number of rotatable bonds is 2. The molecule has 0 bridgehead atoms. The molecule has 2 rings (SSSR count). The highest BCUT2D eigenvalue weighted by Crippen LogP contribution is 2.10. The first-order valence-electron chi connectivity index (χ1n) is 4.47. The molecule has 1 N–H and O–H groups in total. The Labute approximate surface area is 81.3 Å². The van der Waals surface area contributed by atoms with Gasteiger partial charge in [0.25, 0.3) is 0 Å². The van der Waals surface area contributed by atoms with E-state index in [1.807, 2.05) is 31.2 Å². The van der Waals surface area contributed by atoms with Gasteiger partial charge in [-0.25, -0.2) is 9.95 Å². The van der Waals surface area contributed by atoms with Gasteiger partial charge in [-0.05, 0) is 18.1 Å². The van der Waals surface area contributed by atoms with Gasteiger partial charge in [-0.1, -0.05) is 24.3 Å². The predicted octanol–water partition coefficient (Wildman–Crippen LogP) is 1.87. The number of hydrogen-bond acceptors (Lipinski definition) is 2. The molecule has 2 aromatic rings. The minimum Gasteiger partial charge on any atom is -0.339 e. The Morgan fingerprint density at radius 3 is 2.79 bits per heavy atom. The van der Waals surface area contributed by atoms with Crippen molar-refractivity contribution in [3.05, 3.63) is 57.6 Å². The van der Waals surface area contributed by atoms with Crippen LogP contribution in [0.25, 0.3) is 0 Å². The van der Waals surface area contributed by atoms with E-state index in [1.54, 1.807) is 0 Å². The molecule has 14 heavy (non-hydrogen) atoms. The molecule has 72 valence electrons. The molecular weight excluding hydrogens is 178 g/mol. The van der Waals surface area contributed by atoms with E-state index in [9.17, 15) is 4.79 Å². The van der Waals surface area contributed by atoms with E-state index in [4.69, 9.17) is 0 Å². The normalized spacial score (nSPS) is 10.4. The molecule has 3 heteroatoms. The largest absolute Gasteiger partial charge is 0.357 e. The van der Waals surface area contributed by atoms with Gasteiger partial charge in [0.1, 0.15) is 0 Å². The Morgan fingerprint density at radius 1 is 1.36 bits per heavy atom. The summed E-state index contributed by atoms with van der Waals surface area (Å²) in [7, 11) is 0. The summed E-state index contributed by atoms with van der Waals surface area (Å²) in [5, 5.41) is 2.59. The van der Waals surface area contributed by atoms with E-state index < -0.39 is 0 Å². The van der Waals surface area contributed by atoms with Crippen LogP contribution >= 0.6 is 0 Å². The number of aromatic nitrogens is 1. The molecule has 0 saturated heterocycles. The first kappa shape index (κ1) is 8.81. The van der Waals surface area contributed by atoms with Crippen molar-refractivity contribution in [1.29, 1.82) is 0 Å². The molecule has 0 radical (unpaired) electrons. The summed E-state index contributed by atoms with van der Waals surface area (Å²) in [5.74, 6) is 0. The molecule has 0 fully saturated rings. The van der Waals surface area contributed by atoms with Crippen LogP contribution in [0.1, 0.15) is 16.8 Å². The average Bonchev–Trinajstić information content (AvgIpc) is 2.56. The first-order chi connectivity index (χ1) is 6.75. The summed E-state index contributed by atoms with van der Waals surface area (Å²) in [6, 6.07) is 9.55. The van der Waals surface area contributed by atoms with Crippen molar-refractivity contribution in [3.8, 4) is 0 Å². The molecule has 3 nitrogen and oxygen atoms in total. The van der Waals surface area contributed by atoms with Gasteiger partial charge < -0.3 is 4.52 Å². The van der Waals surface area contributed by atoms with Crippen LogP contribution < -0.4 is 5.63 Å². The molecule has 1 aromatic carbocycles. The van der Waals surface area contributed by atoms with E-state index >= 15 is 0 Å². The van der Waals surface area contributed by atoms with Crippen molar-refractivity contribution in [3.63, 3.8) is 0 Å². The van der Waals surface area contributed by atoms with Gasteiger partial charge in [-0.3, -0.25) is 0 Å². The zero-order valence-electron chi connectivity index (χ0n) is 7.91. The Kier molecular flexibility index (Phi) is 2.23. The number of H-pyrrole nitrogens is 1. The zero-order valence-corrected chi connectivity index (χ0v) is 7.91. The van der Waals surface area contributed by atoms with Gasteiger partial charge in [0.15, 0.2) is 0 Å². The van der Waals surface area contributed by atoms with Gasteiger partial charge in [0.05, 0.1) is 5.69 Å². The molecule has 0 amide bonds. The highest BCUT2D eigenvalue weighted by Gasteiger charge is 2.02. The fourth-order valence-corrected chi connectivity index (χ4v) is 1.42. The maximum atomic E-state index is 10.8. The van der Waals surface area contributed by atoms with Crippen LogP contribution in [0.3, 0.4) is 0 Å². The van der Waals surface area contributed by atoms with Crippen molar-refractivity contribution in [1.82, 2.24) is 5.16 Å². The molecular formula is C11H11NO2. The predicted molar refractivity (Wildman–Crippen MR) is 53.3 cm³/mol. The maximum Gasteiger partial charge on any atom is 0.357 e. The van der Waals surface area contributed by atoms with E-state index in [0.29, 0.717) is 6.42 Å². The van der Waals surface area contributed by atoms with Crippen LogP contribution in [0.4, 0.5) is 0 Å². The first-order valence-corrected chi connectivity index (χ1v) is 4.47. The Balaban J connectivity index is 2.27. The summed E-state index contributed by atoms with van der Waals surface area (Å²) in [4.78, 5) is 10.8. The smallest absolute Gasteiger partial charge is 0.339 e. The van der Waals surface area contributed by atoms with Crippen LogP contribution in [-0.4, -0.2) is 5.16 Å². The van der Waals surface area contributed by atoms with Gasteiger partial charge in [-0.15, -0.1) is 0 Å². The van der Waals surface area contributed by atoms with Crippen molar-refractivity contribution < 1.29 is 4.52 Å². The number of aromatic amines is 1. The quantitative estimate of drug-likeness (QED) is 0.783. The minimum atomic E-state index is -0.325. The number of hydrogen-bond donors (Lipinski definition) is 1. The third-order valence-electron chi connectivity index (χ3n) is 2.22. The fourth-order valence-electron chi connectivity index (χ4n) is 1.42. The lowest BCUT2D eigenvalue weighted by atomic mass is 10.0. The second-order valence-electron chi connectivity index (χ2n) is 3.30. The van der Waals surface area contributed by atoms with Gasteiger partial charge in [0, 0.05) is 12.5 Å². The molecule has 0 aliphatic rings. The monoisotopic (exact) mass is 189 g/mol. The van der Waals surface area contributed by atoms with Crippen molar-refractivity contribution in [2.24, 2.45) is 0 Å². The highest BCUT2D eigenvalue weighted by molar-refractivity contribution is 5.28. The molecule has 0 spiro atoms. The molecule has 1 aromatic heterocycles. The van der Waals surface area contributed by atoms with Gasteiger partial charge in [0.2, 0.25) is 0 Å². The number of aryl methyl sites for hydroxylation is 1. The number of benzene rings is 1. The topological polar surface area (TPSA) is 46.0 Å². The summed E-state index contributed by atoms with van der Waals surface area (Å²) < 4.78 is 4.60. The molecule has 1 heterocycles. The summed E-state index contributed by atoms with van der Waals surface area (Å²) >= 11 is 0. The second kappa shape index (κ2) is 3.54. The SMILES string of the molecule is Cc1ccccc1Cc1cc(=O)o[nH]1. The van der Waals surface area contributed by atoms with E-state index in [2.05, 4.69) is 9.68 Å². The van der Waals surface area contributed by atoms with E-state index in [0.717, 1.165) is 5.69 Å². The van der Waals surface area contributed by atoms with Crippen LogP contribution in [0, 0.1) is 6.92 Å². The van der Waals surface area contributed by atoms with Gasteiger partial charge >= 0.3 is 5.63 Å². The number of nitrogens with one attached hydrogen (secondary N) is 1. The average molecular weight is 189 g/mol. The van der Waals surface area contributed by atoms with Crippen LogP contribution in [0.5, 0.6) is 0 Å². The van der Waals surface area contributed by atoms with Crippen LogP contribution in [0.15, 0.2) is 39.6 Å². The Bertz CT molecular complexity index is 482. The molecule has 0 atom stereocenters. The third kappa shape index (κ3) is 1.76. The van der Waals surface area contributed by atoms with Crippen LogP contribution in [-0.2, 0) is 6.42 Å². The van der Waals surface area contributed by atoms with Crippen molar-refractivity contribution in [2.45, 2.75) is 13.3 Å². The standard InChI is InChI=1S/C11H11NO2/c1-8-4-2-3-5-9(8)6-10-7-11(13)14-12-10/h2-5,7,12H,6H2,1H3. The Hall–Kier alpha value is -1.77. The highest BCUT2D eigenvalue weighted by atomic mass is 16.5. The van der Waals surface area contributed by atoms with Crippen LogP contribution in [0.2, 0.25) is 0 Å².